The van der Waals surface area contributed by atoms with Gasteiger partial charge in [0.05, 0.1) is 19.3 Å². The van der Waals surface area contributed by atoms with Crippen LogP contribution in [0.3, 0.4) is 0 Å². The molecule has 5 nitrogen and oxygen atoms in total. The Hall–Kier alpha value is -1.76. The van der Waals surface area contributed by atoms with E-state index < -0.39 is 24.1 Å². The fourth-order valence-corrected chi connectivity index (χ4v) is 4.03. The summed E-state index contributed by atoms with van der Waals surface area (Å²) in [7, 11) is 0. The highest BCUT2D eigenvalue weighted by Gasteiger charge is 2.51. The van der Waals surface area contributed by atoms with E-state index in [-0.39, 0.29) is 13.0 Å². The van der Waals surface area contributed by atoms with Crippen molar-refractivity contribution in [2.75, 3.05) is 6.61 Å². The number of aryl methyl sites for hydroxylation is 1. The number of rotatable bonds is 4. The molecule has 2 aliphatic rings. The van der Waals surface area contributed by atoms with Crippen molar-refractivity contribution in [1.29, 1.82) is 0 Å². The topological polar surface area (TPSA) is 79.2 Å². The van der Waals surface area contributed by atoms with Gasteiger partial charge in [-0.2, -0.15) is 0 Å². The lowest BCUT2D eigenvalue weighted by Gasteiger charge is -2.42. The van der Waals surface area contributed by atoms with Crippen molar-refractivity contribution in [2.24, 2.45) is 0 Å². The summed E-state index contributed by atoms with van der Waals surface area (Å²) >= 11 is 0. The van der Waals surface area contributed by atoms with Crippen molar-refractivity contribution in [3.05, 3.63) is 70.3 Å². The SMILES string of the molecule is CCc1ccc(Cc2ccc3c(c2)[C@]2(C[C@@H](O)[C@H](O)[C@@H](CO)O2)OC3)cc1. The maximum atomic E-state index is 10.3. The molecule has 144 valence electrons. The number of benzene rings is 2. The molecule has 4 rings (SSSR count). The molecule has 1 spiro atoms. The maximum Gasteiger partial charge on any atom is 0.198 e. The molecule has 4 atom stereocenters. The van der Waals surface area contributed by atoms with Crippen molar-refractivity contribution >= 4 is 0 Å². The summed E-state index contributed by atoms with van der Waals surface area (Å²) in [4.78, 5) is 0. The van der Waals surface area contributed by atoms with Crippen LogP contribution in [0.2, 0.25) is 0 Å². The van der Waals surface area contributed by atoms with E-state index in [9.17, 15) is 15.3 Å². The van der Waals surface area contributed by atoms with Crippen LogP contribution in [0.1, 0.15) is 41.2 Å². The van der Waals surface area contributed by atoms with Gasteiger partial charge in [-0.15, -0.1) is 0 Å². The van der Waals surface area contributed by atoms with E-state index in [2.05, 4.69) is 43.3 Å². The quantitative estimate of drug-likeness (QED) is 0.767. The summed E-state index contributed by atoms with van der Waals surface area (Å²) in [5.41, 5.74) is 5.58. The highest BCUT2D eigenvalue weighted by atomic mass is 16.7. The molecule has 0 unspecified atom stereocenters. The zero-order valence-electron chi connectivity index (χ0n) is 15.5. The van der Waals surface area contributed by atoms with Crippen LogP contribution in [0.4, 0.5) is 0 Å². The van der Waals surface area contributed by atoms with Gasteiger partial charge >= 0.3 is 0 Å². The van der Waals surface area contributed by atoms with Gasteiger partial charge in [-0.25, -0.2) is 0 Å². The monoisotopic (exact) mass is 370 g/mol. The Labute approximate surface area is 159 Å². The zero-order valence-corrected chi connectivity index (χ0v) is 15.5. The van der Waals surface area contributed by atoms with Gasteiger partial charge in [0.1, 0.15) is 12.2 Å². The second kappa shape index (κ2) is 7.34. The van der Waals surface area contributed by atoms with Crippen LogP contribution in [0.25, 0.3) is 0 Å². The summed E-state index contributed by atoms with van der Waals surface area (Å²) in [6.45, 7) is 2.16. The van der Waals surface area contributed by atoms with Crippen LogP contribution in [-0.2, 0) is 34.7 Å². The molecule has 0 aliphatic carbocycles. The first-order valence-corrected chi connectivity index (χ1v) is 9.53. The van der Waals surface area contributed by atoms with E-state index in [0.29, 0.717) is 6.61 Å². The molecule has 0 radical (unpaired) electrons. The normalized spacial score (nSPS) is 29.9. The number of ether oxygens (including phenoxy) is 2. The third kappa shape index (κ3) is 3.42. The average Bonchev–Trinajstić information content (AvgIpc) is 3.03. The summed E-state index contributed by atoms with van der Waals surface area (Å²) in [5.74, 6) is -1.11. The van der Waals surface area contributed by atoms with E-state index in [1.165, 1.54) is 11.1 Å². The zero-order chi connectivity index (χ0) is 19.0. The van der Waals surface area contributed by atoms with E-state index in [0.717, 1.165) is 29.5 Å². The van der Waals surface area contributed by atoms with E-state index in [1.54, 1.807) is 0 Å². The van der Waals surface area contributed by atoms with Gasteiger partial charge in [0.25, 0.3) is 0 Å². The lowest BCUT2D eigenvalue weighted by atomic mass is 9.88. The summed E-state index contributed by atoms with van der Waals surface area (Å²) in [6, 6.07) is 14.8. The molecule has 5 heteroatoms. The molecule has 0 aromatic heterocycles. The van der Waals surface area contributed by atoms with Gasteiger partial charge in [-0.1, -0.05) is 43.3 Å². The first-order chi connectivity index (χ1) is 13.0. The molecular formula is C22H26O5. The van der Waals surface area contributed by atoms with Crippen LogP contribution in [0, 0.1) is 0 Å². The Morgan fingerprint density at radius 3 is 2.44 bits per heavy atom. The molecule has 1 fully saturated rings. The number of aliphatic hydroxyl groups is 3. The minimum Gasteiger partial charge on any atom is -0.394 e. The predicted octanol–water partition coefficient (Wildman–Crippen LogP) is 2.03. The Balaban J connectivity index is 1.62. The first kappa shape index (κ1) is 18.6. The van der Waals surface area contributed by atoms with Crippen LogP contribution in [-0.4, -0.2) is 40.2 Å². The summed E-state index contributed by atoms with van der Waals surface area (Å²) in [6.07, 6.45) is -1.03. The Bertz CT molecular complexity index is 803. The van der Waals surface area contributed by atoms with Gasteiger partial charge in [0.15, 0.2) is 5.79 Å². The third-order valence-corrected chi connectivity index (χ3v) is 5.66. The number of hydrogen-bond acceptors (Lipinski definition) is 5. The van der Waals surface area contributed by atoms with Gasteiger partial charge in [0, 0.05) is 12.0 Å². The fourth-order valence-electron chi connectivity index (χ4n) is 4.03. The van der Waals surface area contributed by atoms with Crippen LogP contribution in [0.5, 0.6) is 0 Å². The van der Waals surface area contributed by atoms with E-state index in [1.807, 2.05) is 6.07 Å². The van der Waals surface area contributed by atoms with Crippen molar-refractivity contribution in [2.45, 2.75) is 56.9 Å². The van der Waals surface area contributed by atoms with Crippen LogP contribution >= 0.6 is 0 Å². The second-order valence-electron chi connectivity index (χ2n) is 7.48. The number of aliphatic hydroxyl groups excluding tert-OH is 3. The van der Waals surface area contributed by atoms with Crippen LogP contribution in [0.15, 0.2) is 42.5 Å². The van der Waals surface area contributed by atoms with Gasteiger partial charge in [-0.05, 0) is 41.2 Å². The van der Waals surface area contributed by atoms with Gasteiger partial charge in [-0.3, -0.25) is 0 Å². The maximum absolute atomic E-state index is 10.3. The van der Waals surface area contributed by atoms with E-state index in [4.69, 9.17) is 9.47 Å². The molecule has 2 aromatic carbocycles. The standard InChI is InChI=1S/C22H26O5/c1-2-14-3-5-15(6-4-14)9-16-7-8-17-13-26-22(18(17)10-16)11-19(24)21(25)20(12-23)27-22/h3-8,10,19-21,23-25H,2,9,11-13H2,1H3/t19-,20-,21+,22-/m1/s1. The van der Waals surface area contributed by atoms with Crippen molar-refractivity contribution < 1.29 is 24.8 Å². The van der Waals surface area contributed by atoms with E-state index >= 15 is 0 Å². The number of hydrogen-bond donors (Lipinski definition) is 3. The highest BCUT2D eigenvalue weighted by molar-refractivity contribution is 5.40. The molecular weight excluding hydrogens is 344 g/mol. The molecule has 2 aliphatic heterocycles. The summed E-state index contributed by atoms with van der Waals surface area (Å²) < 4.78 is 11.9. The Morgan fingerprint density at radius 1 is 1.04 bits per heavy atom. The van der Waals surface area contributed by atoms with Crippen LogP contribution < -0.4 is 0 Å². The number of fused-ring (bicyclic) bond motifs is 2. The lowest BCUT2D eigenvalue weighted by Crippen LogP contribution is -2.54. The first-order valence-electron chi connectivity index (χ1n) is 9.53. The minimum atomic E-state index is -1.12. The fraction of sp³-hybridized carbons (Fsp3) is 0.455. The average molecular weight is 370 g/mol. The lowest BCUT2D eigenvalue weighted by molar-refractivity contribution is -0.326. The predicted molar refractivity (Wildman–Crippen MR) is 100 cm³/mol. The minimum absolute atomic E-state index is 0.145. The molecule has 0 amide bonds. The van der Waals surface area contributed by atoms with Gasteiger partial charge < -0.3 is 24.8 Å². The highest BCUT2D eigenvalue weighted by Crippen LogP contribution is 2.45. The molecule has 3 N–H and O–H groups in total. The second-order valence-corrected chi connectivity index (χ2v) is 7.48. The molecule has 0 bridgehead atoms. The molecule has 2 heterocycles. The third-order valence-electron chi connectivity index (χ3n) is 5.66. The van der Waals surface area contributed by atoms with Crippen molar-refractivity contribution in [1.82, 2.24) is 0 Å². The smallest absolute Gasteiger partial charge is 0.198 e. The van der Waals surface area contributed by atoms with Crippen molar-refractivity contribution in [3.63, 3.8) is 0 Å². The van der Waals surface area contributed by atoms with Gasteiger partial charge in [0.2, 0.25) is 0 Å². The molecule has 27 heavy (non-hydrogen) atoms. The molecule has 2 aromatic rings. The largest absolute Gasteiger partial charge is 0.394 e. The molecule has 1 saturated heterocycles. The van der Waals surface area contributed by atoms with Crippen molar-refractivity contribution in [3.8, 4) is 0 Å². The summed E-state index contributed by atoms with van der Waals surface area (Å²) in [5, 5.41) is 29.8. The Kier molecular flexibility index (Phi) is 5.05. The Morgan fingerprint density at radius 2 is 1.74 bits per heavy atom. The molecule has 0 saturated carbocycles.